The van der Waals surface area contributed by atoms with Crippen LogP contribution in [0.4, 0.5) is 27.8 Å². The number of non-ortho nitro benzene ring substituents is 2. The molecule has 0 aliphatic heterocycles. The third-order valence-corrected chi connectivity index (χ3v) is 8.71. The molecule has 0 atom stereocenters. The fourth-order valence-electron chi connectivity index (χ4n) is 6.00. The number of hydrogen-bond acceptors (Lipinski definition) is 11. The molecule has 0 saturated carbocycles. The smallest absolute Gasteiger partial charge is 0.413 e. The van der Waals surface area contributed by atoms with Gasteiger partial charge < -0.3 is 19.9 Å². The minimum Gasteiger partial charge on any atom is -0.496 e. The molecule has 0 spiro atoms. The standard InChI is InChI=1S/C24H25N3O6.C19H17N3O4.CH2Cl2/c1-24(2,3)33-23(29)25-21-9-6-10-22(28)26(21)15-16-11-12-20(32-4)19(13-16)17-7-5-8-18(14-17)27(30)31;1-26-17-9-8-13(12-21-18(20)6-3-7-19(21)23)10-16(17)14-4-2-5-15(11-14)22(24)25;2-1-3/h5-14H,15H2,1-4H3,(H,25,29);2-11H,12,20H2,1H3;1H2. The van der Waals surface area contributed by atoms with E-state index in [2.05, 4.69) is 5.32 Å². The molecule has 0 fully saturated rings. The van der Waals surface area contributed by atoms with E-state index in [0.717, 1.165) is 11.1 Å². The molecular weight excluding hydrogens is 843 g/mol. The molecular formula is C44H44Cl2N6O10. The van der Waals surface area contributed by atoms with E-state index >= 15 is 0 Å². The highest BCUT2D eigenvalue weighted by molar-refractivity contribution is 6.40. The van der Waals surface area contributed by atoms with Crippen LogP contribution in [0, 0.1) is 20.2 Å². The molecule has 0 bridgehead atoms. The van der Waals surface area contributed by atoms with E-state index in [1.54, 1.807) is 93.6 Å². The van der Waals surface area contributed by atoms with Crippen LogP contribution in [0.1, 0.15) is 31.9 Å². The maximum atomic E-state index is 12.6. The molecule has 0 aliphatic carbocycles. The number of nitro groups is 2. The van der Waals surface area contributed by atoms with Crippen molar-refractivity contribution in [3.05, 3.63) is 173 Å². The van der Waals surface area contributed by atoms with Crippen molar-refractivity contribution in [2.75, 3.05) is 30.6 Å². The Morgan fingerprint density at radius 1 is 0.677 bits per heavy atom. The molecule has 18 heteroatoms. The van der Waals surface area contributed by atoms with Gasteiger partial charge >= 0.3 is 6.09 Å². The highest BCUT2D eigenvalue weighted by atomic mass is 35.5. The Hall–Kier alpha value is -7.17. The largest absolute Gasteiger partial charge is 0.496 e. The predicted octanol–water partition coefficient (Wildman–Crippen LogP) is 9.31. The van der Waals surface area contributed by atoms with E-state index < -0.39 is 21.5 Å². The number of benzene rings is 4. The first kappa shape index (κ1) is 47.5. The number of alkyl halides is 2. The lowest BCUT2D eigenvalue weighted by Gasteiger charge is -2.21. The molecule has 2 aromatic heterocycles. The van der Waals surface area contributed by atoms with Crippen LogP contribution in [0.3, 0.4) is 0 Å². The van der Waals surface area contributed by atoms with Crippen LogP contribution in [0.5, 0.6) is 11.5 Å². The number of nitro benzene ring substituents is 2. The molecule has 4 aromatic carbocycles. The second-order valence-electron chi connectivity index (χ2n) is 14.1. The second kappa shape index (κ2) is 21.9. The van der Waals surface area contributed by atoms with Crippen LogP contribution < -0.4 is 31.6 Å². The van der Waals surface area contributed by atoms with Crippen molar-refractivity contribution in [3.8, 4) is 33.8 Å². The van der Waals surface area contributed by atoms with E-state index in [-0.39, 0.29) is 46.7 Å². The number of carbonyl (C=O) groups excluding carboxylic acids is 1. The van der Waals surface area contributed by atoms with Crippen LogP contribution in [0.15, 0.2) is 131 Å². The summed E-state index contributed by atoms with van der Waals surface area (Å²) in [7, 11) is 3.05. The van der Waals surface area contributed by atoms with Gasteiger partial charge in [0.2, 0.25) is 0 Å². The number of pyridine rings is 2. The monoisotopic (exact) mass is 886 g/mol. The summed E-state index contributed by atoms with van der Waals surface area (Å²) in [4.78, 5) is 58.2. The summed E-state index contributed by atoms with van der Waals surface area (Å²) in [5.41, 5.74) is 8.83. The molecule has 6 rings (SSSR count). The first-order valence-corrected chi connectivity index (χ1v) is 19.7. The van der Waals surface area contributed by atoms with Gasteiger partial charge in [0.05, 0.1) is 42.5 Å². The van der Waals surface area contributed by atoms with Gasteiger partial charge in [-0.05, 0) is 79.4 Å². The highest BCUT2D eigenvalue weighted by Crippen LogP contribution is 2.34. The van der Waals surface area contributed by atoms with Crippen LogP contribution in [0.2, 0.25) is 0 Å². The Kier molecular flexibility index (Phi) is 16.8. The zero-order valence-corrected chi connectivity index (χ0v) is 35.9. The minimum absolute atomic E-state index is 0.00141. The van der Waals surface area contributed by atoms with Crippen LogP contribution >= 0.6 is 23.2 Å². The van der Waals surface area contributed by atoms with Crippen molar-refractivity contribution in [3.63, 3.8) is 0 Å². The van der Waals surface area contributed by atoms with Gasteiger partial charge in [-0.2, -0.15) is 0 Å². The van der Waals surface area contributed by atoms with E-state index in [9.17, 15) is 34.6 Å². The summed E-state index contributed by atoms with van der Waals surface area (Å²) < 4.78 is 19.0. The number of halogens is 2. The maximum Gasteiger partial charge on any atom is 0.413 e. The van der Waals surface area contributed by atoms with Gasteiger partial charge in [0.25, 0.3) is 22.5 Å². The predicted molar refractivity (Wildman–Crippen MR) is 241 cm³/mol. The number of ether oxygens (including phenoxy) is 3. The van der Waals surface area contributed by atoms with Gasteiger partial charge in [-0.1, -0.05) is 48.5 Å². The third kappa shape index (κ3) is 13.2. The Balaban J connectivity index is 0.000000262. The topological polar surface area (TPSA) is 213 Å². The number of amides is 1. The number of nitrogens with two attached hydrogens (primary N) is 1. The number of nitrogens with one attached hydrogen (secondary N) is 1. The second-order valence-corrected chi connectivity index (χ2v) is 14.9. The van der Waals surface area contributed by atoms with Crippen molar-refractivity contribution in [2.45, 2.75) is 39.5 Å². The van der Waals surface area contributed by atoms with Gasteiger partial charge in [-0.3, -0.25) is 44.3 Å². The van der Waals surface area contributed by atoms with E-state index in [1.807, 2.05) is 12.1 Å². The van der Waals surface area contributed by atoms with Crippen molar-refractivity contribution >= 4 is 52.3 Å². The van der Waals surface area contributed by atoms with E-state index in [4.69, 9.17) is 43.1 Å². The van der Waals surface area contributed by atoms with Crippen molar-refractivity contribution in [1.82, 2.24) is 9.13 Å². The number of nitrogens with zero attached hydrogens (tertiary/aromatic N) is 4. The normalized spacial score (nSPS) is 10.6. The molecule has 62 heavy (non-hydrogen) atoms. The average Bonchev–Trinajstić information content (AvgIpc) is 3.23. The lowest BCUT2D eigenvalue weighted by atomic mass is 10.0. The van der Waals surface area contributed by atoms with Gasteiger partial charge in [0.15, 0.2) is 0 Å². The molecule has 2 heterocycles. The molecule has 16 nitrogen and oxygen atoms in total. The molecule has 0 radical (unpaired) electrons. The molecule has 0 saturated heterocycles. The minimum atomic E-state index is -0.687. The summed E-state index contributed by atoms with van der Waals surface area (Å²) in [6.45, 7) is 5.68. The Labute approximate surface area is 366 Å². The van der Waals surface area contributed by atoms with E-state index in [1.165, 1.54) is 59.8 Å². The van der Waals surface area contributed by atoms with Gasteiger partial charge in [0, 0.05) is 47.5 Å². The fourth-order valence-corrected chi connectivity index (χ4v) is 6.00. The molecule has 1 amide bonds. The van der Waals surface area contributed by atoms with Gasteiger partial charge in [0.1, 0.15) is 28.7 Å². The number of aromatic nitrogens is 2. The zero-order valence-electron chi connectivity index (χ0n) is 34.4. The lowest BCUT2D eigenvalue weighted by Crippen LogP contribution is -2.30. The first-order valence-electron chi connectivity index (χ1n) is 18.6. The Morgan fingerprint density at radius 3 is 1.55 bits per heavy atom. The summed E-state index contributed by atoms with van der Waals surface area (Å²) in [5, 5.41) is 25.0. The molecule has 3 N–H and O–H groups in total. The van der Waals surface area contributed by atoms with Crippen molar-refractivity contribution < 1.29 is 28.9 Å². The number of nitrogen functional groups attached to an aromatic ring is 1. The SMILES string of the molecule is COc1ccc(Cn2c(N)cccc2=O)cc1-c1cccc([N+](=O)[O-])c1.COc1ccc(Cn2c(NC(=O)OC(C)(C)C)cccc2=O)cc1-c1cccc([N+](=O)[O-])c1.ClCCl. The average molecular weight is 888 g/mol. The molecule has 0 aliphatic rings. The van der Waals surface area contributed by atoms with Crippen LogP contribution in [0.25, 0.3) is 22.3 Å². The van der Waals surface area contributed by atoms with Crippen LogP contribution in [-0.2, 0) is 17.8 Å². The summed E-state index contributed by atoms with van der Waals surface area (Å²) in [5.74, 6) is 1.77. The van der Waals surface area contributed by atoms with Gasteiger partial charge in [-0.25, -0.2) is 4.79 Å². The summed E-state index contributed by atoms with van der Waals surface area (Å²) in [6.07, 6.45) is -0.672. The number of methoxy groups -OCH3 is 2. The number of hydrogen-bond donors (Lipinski definition) is 2. The fraction of sp³-hybridized carbons (Fsp3) is 0.205. The number of rotatable bonds is 11. The van der Waals surface area contributed by atoms with Crippen LogP contribution in [-0.4, -0.2) is 50.2 Å². The van der Waals surface area contributed by atoms with Crippen molar-refractivity contribution in [1.29, 1.82) is 0 Å². The number of carbonyl (C=O) groups is 1. The third-order valence-electron chi connectivity index (χ3n) is 8.71. The quantitative estimate of drug-likeness (QED) is 0.0710. The first-order chi connectivity index (χ1) is 29.5. The Morgan fingerprint density at radius 2 is 1.11 bits per heavy atom. The van der Waals surface area contributed by atoms with E-state index in [0.29, 0.717) is 39.6 Å². The van der Waals surface area contributed by atoms with Crippen molar-refractivity contribution in [2.24, 2.45) is 0 Å². The summed E-state index contributed by atoms with van der Waals surface area (Å²) >= 11 is 9.53. The lowest BCUT2D eigenvalue weighted by molar-refractivity contribution is -0.385. The zero-order chi connectivity index (χ0) is 45.6. The molecule has 6 aromatic rings. The molecule has 324 valence electrons. The molecule has 0 unspecified atom stereocenters. The Bertz CT molecular complexity index is 2660. The van der Waals surface area contributed by atoms with Gasteiger partial charge in [-0.15, -0.1) is 23.2 Å². The summed E-state index contributed by atoms with van der Waals surface area (Å²) in [6, 6.07) is 32.6. The maximum absolute atomic E-state index is 12.6. The number of anilines is 2. The highest BCUT2D eigenvalue weighted by Gasteiger charge is 2.19.